The Morgan fingerprint density at radius 3 is 2.45 bits per heavy atom. The molecule has 0 aromatic heterocycles. The van der Waals surface area contributed by atoms with Gasteiger partial charge in [0, 0.05) is 11.6 Å². The number of nitrogens with one attached hydrogen (secondary N) is 1. The summed E-state index contributed by atoms with van der Waals surface area (Å²) in [4.78, 5) is 12.3. The summed E-state index contributed by atoms with van der Waals surface area (Å²) in [6, 6.07) is 17.5. The van der Waals surface area contributed by atoms with Gasteiger partial charge >= 0.3 is 0 Å². The van der Waals surface area contributed by atoms with Gasteiger partial charge in [-0.1, -0.05) is 48.5 Å². The van der Waals surface area contributed by atoms with Crippen LogP contribution in [0.25, 0.3) is 0 Å². The molecule has 0 saturated heterocycles. The van der Waals surface area contributed by atoms with Crippen LogP contribution in [0.15, 0.2) is 54.6 Å². The van der Waals surface area contributed by atoms with Gasteiger partial charge in [-0.25, -0.2) is 0 Å². The van der Waals surface area contributed by atoms with Gasteiger partial charge in [0.25, 0.3) is 0 Å². The van der Waals surface area contributed by atoms with Crippen LogP contribution in [-0.4, -0.2) is 17.1 Å². The van der Waals surface area contributed by atoms with E-state index in [-0.39, 0.29) is 24.1 Å². The van der Waals surface area contributed by atoms with Gasteiger partial charge in [0.2, 0.25) is 5.91 Å². The predicted molar refractivity (Wildman–Crippen MR) is 86.6 cm³/mol. The van der Waals surface area contributed by atoms with Crippen molar-refractivity contribution in [3.8, 4) is 5.75 Å². The molecular weight excluding hydrogens is 274 g/mol. The molecular formula is C19H21NO2. The standard InChI is InChI=1S/C19H21NO2/c21-18-9-5-4-8-16(18)13-19(22)20-17(15-10-11-15)12-14-6-2-1-3-7-14/h1-9,15,17,21H,10-13H2,(H,20,22). The number of aromatic hydroxyl groups is 1. The lowest BCUT2D eigenvalue weighted by Crippen LogP contribution is -2.39. The first-order chi connectivity index (χ1) is 10.7. The van der Waals surface area contributed by atoms with Crippen LogP contribution >= 0.6 is 0 Å². The Morgan fingerprint density at radius 2 is 1.77 bits per heavy atom. The van der Waals surface area contributed by atoms with Gasteiger partial charge in [-0.2, -0.15) is 0 Å². The van der Waals surface area contributed by atoms with E-state index < -0.39 is 0 Å². The number of amides is 1. The van der Waals surface area contributed by atoms with Gasteiger partial charge in [-0.15, -0.1) is 0 Å². The number of hydrogen-bond donors (Lipinski definition) is 2. The largest absolute Gasteiger partial charge is 0.508 e. The van der Waals surface area contributed by atoms with Crippen molar-refractivity contribution >= 4 is 5.91 Å². The Morgan fingerprint density at radius 1 is 1.09 bits per heavy atom. The monoisotopic (exact) mass is 295 g/mol. The zero-order chi connectivity index (χ0) is 15.4. The lowest BCUT2D eigenvalue weighted by Gasteiger charge is -2.18. The molecule has 3 rings (SSSR count). The lowest BCUT2D eigenvalue weighted by molar-refractivity contribution is -0.121. The van der Waals surface area contributed by atoms with Gasteiger partial charge in [-0.05, 0) is 36.8 Å². The van der Waals surface area contributed by atoms with Crippen molar-refractivity contribution in [1.82, 2.24) is 5.32 Å². The Kier molecular flexibility index (Phi) is 4.42. The van der Waals surface area contributed by atoms with Gasteiger partial charge in [-0.3, -0.25) is 4.79 Å². The minimum Gasteiger partial charge on any atom is -0.508 e. The predicted octanol–water partition coefficient (Wildman–Crippen LogP) is 3.07. The third kappa shape index (κ3) is 3.88. The number of para-hydroxylation sites is 1. The van der Waals surface area contributed by atoms with Crippen molar-refractivity contribution in [2.45, 2.75) is 31.7 Å². The van der Waals surface area contributed by atoms with Crippen molar-refractivity contribution < 1.29 is 9.90 Å². The van der Waals surface area contributed by atoms with Crippen LogP contribution in [0.5, 0.6) is 5.75 Å². The van der Waals surface area contributed by atoms with Crippen molar-refractivity contribution in [3.05, 3.63) is 65.7 Å². The van der Waals surface area contributed by atoms with E-state index >= 15 is 0 Å². The van der Waals surface area contributed by atoms with E-state index in [0.717, 1.165) is 6.42 Å². The molecule has 3 heteroatoms. The topological polar surface area (TPSA) is 49.3 Å². The second kappa shape index (κ2) is 6.65. The van der Waals surface area contributed by atoms with Crippen molar-refractivity contribution in [2.75, 3.05) is 0 Å². The molecule has 0 aliphatic heterocycles. The maximum Gasteiger partial charge on any atom is 0.224 e. The Labute approximate surface area is 131 Å². The quantitative estimate of drug-likeness (QED) is 0.860. The summed E-state index contributed by atoms with van der Waals surface area (Å²) in [6.45, 7) is 0. The number of hydrogen-bond acceptors (Lipinski definition) is 2. The molecule has 0 radical (unpaired) electrons. The normalized spacial score (nSPS) is 15.3. The van der Waals surface area contributed by atoms with E-state index in [9.17, 15) is 9.90 Å². The van der Waals surface area contributed by atoms with E-state index in [2.05, 4.69) is 17.4 Å². The molecule has 0 heterocycles. The summed E-state index contributed by atoms with van der Waals surface area (Å²) >= 11 is 0. The molecule has 1 amide bonds. The van der Waals surface area contributed by atoms with Crippen LogP contribution in [0.1, 0.15) is 24.0 Å². The van der Waals surface area contributed by atoms with Crippen molar-refractivity contribution in [3.63, 3.8) is 0 Å². The van der Waals surface area contributed by atoms with E-state index in [1.807, 2.05) is 24.3 Å². The first-order valence-electron chi connectivity index (χ1n) is 7.82. The molecule has 0 bridgehead atoms. The Hall–Kier alpha value is -2.29. The second-order valence-corrected chi connectivity index (χ2v) is 6.01. The van der Waals surface area contributed by atoms with Gasteiger partial charge in [0.15, 0.2) is 0 Å². The van der Waals surface area contributed by atoms with Gasteiger partial charge in [0.1, 0.15) is 5.75 Å². The maximum atomic E-state index is 12.3. The van der Waals surface area contributed by atoms with Crippen LogP contribution in [0.2, 0.25) is 0 Å². The summed E-state index contributed by atoms with van der Waals surface area (Å²) in [5.41, 5.74) is 1.93. The molecule has 1 fully saturated rings. The highest BCUT2D eigenvalue weighted by Crippen LogP contribution is 2.34. The fourth-order valence-electron chi connectivity index (χ4n) is 2.79. The van der Waals surface area contributed by atoms with Crippen LogP contribution in [-0.2, 0) is 17.6 Å². The summed E-state index contributed by atoms with van der Waals surface area (Å²) in [5.74, 6) is 0.756. The third-order valence-electron chi connectivity index (χ3n) is 4.18. The zero-order valence-corrected chi connectivity index (χ0v) is 12.5. The fourth-order valence-corrected chi connectivity index (χ4v) is 2.79. The molecule has 2 aromatic carbocycles. The molecule has 1 unspecified atom stereocenters. The number of rotatable bonds is 6. The summed E-state index contributed by atoms with van der Waals surface area (Å²) in [7, 11) is 0. The SMILES string of the molecule is O=C(Cc1ccccc1O)NC(Cc1ccccc1)C1CC1. The smallest absolute Gasteiger partial charge is 0.224 e. The van der Waals surface area contributed by atoms with E-state index in [1.165, 1.54) is 18.4 Å². The first kappa shape index (κ1) is 14.6. The van der Waals surface area contributed by atoms with Crippen LogP contribution < -0.4 is 5.32 Å². The van der Waals surface area contributed by atoms with Crippen LogP contribution in [0.4, 0.5) is 0 Å². The molecule has 2 aromatic rings. The highest BCUT2D eigenvalue weighted by atomic mass is 16.3. The highest BCUT2D eigenvalue weighted by molar-refractivity contribution is 5.79. The van der Waals surface area contributed by atoms with Crippen molar-refractivity contribution in [2.24, 2.45) is 5.92 Å². The van der Waals surface area contributed by atoms with E-state index in [0.29, 0.717) is 11.5 Å². The molecule has 1 saturated carbocycles. The van der Waals surface area contributed by atoms with Crippen LogP contribution in [0.3, 0.4) is 0 Å². The van der Waals surface area contributed by atoms with Gasteiger partial charge in [0.05, 0.1) is 6.42 Å². The number of carbonyl (C=O) groups is 1. The van der Waals surface area contributed by atoms with E-state index in [1.54, 1.807) is 18.2 Å². The molecule has 114 valence electrons. The average Bonchev–Trinajstić information content (AvgIpc) is 3.35. The molecule has 1 aliphatic carbocycles. The number of carbonyl (C=O) groups excluding carboxylic acids is 1. The molecule has 2 N–H and O–H groups in total. The minimum atomic E-state index is -0.0191. The van der Waals surface area contributed by atoms with Crippen LogP contribution in [0, 0.1) is 5.92 Å². The van der Waals surface area contributed by atoms with Crippen molar-refractivity contribution in [1.29, 1.82) is 0 Å². The lowest BCUT2D eigenvalue weighted by atomic mass is 10.0. The van der Waals surface area contributed by atoms with E-state index in [4.69, 9.17) is 0 Å². The Balaban J connectivity index is 1.61. The highest BCUT2D eigenvalue weighted by Gasteiger charge is 2.32. The molecule has 1 aliphatic rings. The Bertz CT molecular complexity index is 635. The molecule has 22 heavy (non-hydrogen) atoms. The molecule has 3 nitrogen and oxygen atoms in total. The first-order valence-corrected chi connectivity index (χ1v) is 7.82. The fraction of sp³-hybridized carbons (Fsp3) is 0.316. The number of benzene rings is 2. The second-order valence-electron chi connectivity index (χ2n) is 6.01. The average molecular weight is 295 g/mol. The molecule has 0 spiro atoms. The maximum absolute atomic E-state index is 12.3. The number of phenols is 1. The third-order valence-corrected chi connectivity index (χ3v) is 4.18. The van der Waals surface area contributed by atoms with Gasteiger partial charge < -0.3 is 10.4 Å². The summed E-state index contributed by atoms with van der Waals surface area (Å²) < 4.78 is 0. The minimum absolute atomic E-state index is 0.0191. The zero-order valence-electron chi connectivity index (χ0n) is 12.5. The molecule has 1 atom stereocenters. The summed E-state index contributed by atoms with van der Waals surface area (Å²) in [6.07, 6.45) is 3.48. The summed E-state index contributed by atoms with van der Waals surface area (Å²) in [5, 5.41) is 12.9. The number of phenolic OH excluding ortho intramolecular Hbond substituents is 1.